The first-order valence-electron chi connectivity index (χ1n) is 11.5. The van der Waals surface area contributed by atoms with Crippen molar-refractivity contribution in [3.8, 4) is 5.75 Å². The first-order valence-corrected chi connectivity index (χ1v) is 11.5. The minimum absolute atomic E-state index is 0.00819. The summed E-state index contributed by atoms with van der Waals surface area (Å²) in [6, 6.07) is 21.7. The Morgan fingerprint density at radius 2 is 1.73 bits per heavy atom. The predicted molar refractivity (Wildman–Crippen MR) is 135 cm³/mol. The molecule has 0 aliphatic heterocycles. The number of rotatable bonds is 10. The Balaban J connectivity index is 1.51. The van der Waals surface area contributed by atoms with Gasteiger partial charge in [-0.3, -0.25) is 4.79 Å². The van der Waals surface area contributed by atoms with E-state index in [2.05, 4.69) is 60.9 Å². The Labute approximate surface area is 196 Å². The van der Waals surface area contributed by atoms with Crippen LogP contribution >= 0.6 is 0 Å². The van der Waals surface area contributed by atoms with E-state index in [1.54, 1.807) is 23.8 Å². The fraction of sp³-hybridized carbons (Fsp3) is 0.333. The Morgan fingerprint density at radius 3 is 2.39 bits per heavy atom. The van der Waals surface area contributed by atoms with E-state index in [-0.39, 0.29) is 5.56 Å². The first-order chi connectivity index (χ1) is 16.1. The van der Waals surface area contributed by atoms with Crippen LogP contribution in [0.15, 0.2) is 82.7 Å². The summed E-state index contributed by atoms with van der Waals surface area (Å²) in [6.45, 7) is 7.11. The molecule has 3 aromatic rings. The molecule has 0 spiro atoms. The maximum Gasteiger partial charge on any atom is 0.250 e. The number of pyridine rings is 1. The molecule has 0 aliphatic carbocycles. The van der Waals surface area contributed by atoms with E-state index < -0.39 is 0 Å². The van der Waals surface area contributed by atoms with E-state index in [1.807, 2.05) is 24.4 Å². The number of hydrogen-bond acceptors (Lipinski definition) is 3. The van der Waals surface area contributed by atoms with Crippen LogP contribution in [0.25, 0.3) is 0 Å². The van der Waals surface area contributed by atoms with Crippen LogP contribution in [0, 0.1) is 0 Å². The fourth-order valence-electron chi connectivity index (χ4n) is 3.56. The van der Waals surface area contributed by atoms with Gasteiger partial charge in [0.2, 0.25) is 0 Å². The molecule has 1 heterocycles. The fourth-order valence-corrected chi connectivity index (χ4v) is 3.56. The first kappa shape index (κ1) is 24.1. The average molecular weight is 447 g/mol. The van der Waals surface area contributed by atoms with Gasteiger partial charge in [0.15, 0.2) is 5.96 Å². The molecule has 3 rings (SSSR count). The maximum atomic E-state index is 11.9. The quantitative estimate of drug-likeness (QED) is 0.363. The lowest BCUT2D eigenvalue weighted by Gasteiger charge is -2.15. The Hall–Kier alpha value is -3.54. The molecule has 0 bridgehead atoms. The summed E-state index contributed by atoms with van der Waals surface area (Å²) < 4.78 is 6.94. The van der Waals surface area contributed by atoms with E-state index in [0.717, 1.165) is 42.3 Å². The van der Waals surface area contributed by atoms with Crippen LogP contribution in [0.3, 0.4) is 0 Å². The number of nitrogens with one attached hydrogen (secondary N) is 2. The van der Waals surface area contributed by atoms with Gasteiger partial charge in [0.25, 0.3) is 5.56 Å². The second-order valence-corrected chi connectivity index (χ2v) is 8.07. The molecule has 0 radical (unpaired) electrons. The third kappa shape index (κ3) is 7.52. The Kier molecular flexibility index (Phi) is 9.12. The smallest absolute Gasteiger partial charge is 0.250 e. The maximum absolute atomic E-state index is 11.9. The molecule has 33 heavy (non-hydrogen) atoms. The molecule has 2 aromatic carbocycles. The summed E-state index contributed by atoms with van der Waals surface area (Å²) in [5.74, 6) is 2.14. The SMILES string of the molecule is CCNC(=NCc1ccc(Cn2ccccc2=O)cc1)NCCC(C)c1ccc(OC)cc1. The van der Waals surface area contributed by atoms with Crippen molar-refractivity contribution in [3.63, 3.8) is 0 Å². The number of methoxy groups -OCH3 is 1. The normalized spacial score (nSPS) is 12.3. The summed E-state index contributed by atoms with van der Waals surface area (Å²) >= 11 is 0. The molecule has 6 heteroatoms. The van der Waals surface area contributed by atoms with Gasteiger partial charge >= 0.3 is 0 Å². The highest BCUT2D eigenvalue weighted by atomic mass is 16.5. The lowest BCUT2D eigenvalue weighted by molar-refractivity contribution is 0.414. The summed E-state index contributed by atoms with van der Waals surface area (Å²) in [5.41, 5.74) is 3.53. The highest BCUT2D eigenvalue weighted by Gasteiger charge is 2.06. The van der Waals surface area contributed by atoms with Gasteiger partial charge in [-0.1, -0.05) is 49.4 Å². The Morgan fingerprint density at radius 1 is 1.00 bits per heavy atom. The van der Waals surface area contributed by atoms with Crippen molar-refractivity contribution in [2.75, 3.05) is 20.2 Å². The van der Waals surface area contributed by atoms with Gasteiger partial charge in [-0.25, -0.2) is 4.99 Å². The molecule has 0 aliphatic rings. The predicted octanol–water partition coefficient (Wildman–Crippen LogP) is 4.15. The minimum atomic E-state index is 0.00819. The van der Waals surface area contributed by atoms with Crippen LogP contribution < -0.4 is 20.9 Å². The third-order valence-electron chi connectivity index (χ3n) is 5.59. The van der Waals surface area contributed by atoms with E-state index in [0.29, 0.717) is 19.0 Å². The summed E-state index contributed by atoms with van der Waals surface area (Å²) in [5, 5.41) is 6.76. The third-order valence-corrected chi connectivity index (χ3v) is 5.59. The molecule has 174 valence electrons. The lowest BCUT2D eigenvalue weighted by Crippen LogP contribution is -2.38. The number of nitrogens with zero attached hydrogens (tertiary/aromatic N) is 2. The monoisotopic (exact) mass is 446 g/mol. The van der Waals surface area contributed by atoms with Crippen molar-refractivity contribution >= 4 is 5.96 Å². The molecule has 6 nitrogen and oxygen atoms in total. The number of ether oxygens (including phenoxy) is 1. The van der Waals surface area contributed by atoms with Crippen molar-refractivity contribution in [2.24, 2.45) is 4.99 Å². The van der Waals surface area contributed by atoms with Gasteiger partial charge in [-0.2, -0.15) is 0 Å². The highest BCUT2D eigenvalue weighted by Crippen LogP contribution is 2.21. The van der Waals surface area contributed by atoms with E-state index >= 15 is 0 Å². The van der Waals surface area contributed by atoms with Crippen LogP contribution in [0.5, 0.6) is 5.75 Å². The van der Waals surface area contributed by atoms with Crippen LogP contribution in [0.1, 0.15) is 42.9 Å². The molecule has 0 saturated heterocycles. The topological polar surface area (TPSA) is 67.7 Å². The molecule has 2 N–H and O–H groups in total. The zero-order valence-corrected chi connectivity index (χ0v) is 19.8. The molecular formula is C27H34N4O2. The number of guanidine groups is 1. The van der Waals surface area contributed by atoms with Gasteiger partial charge in [0.1, 0.15) is 5.75 Å². The Bertz CT molecular complexity index is 1070. The van der Waals surface area contributed by atoms with Gasteiger partial charge < -0.3 is 19.9 Å². The van der Waals surface area contributed by atoms with Crippen molar-refractivity contribution in [2.45, 2.75) is 39.3 Å². The molecule has 1 atom stereocenters. The van der Waals surface area contributed by atoms with Gasteiger partial charge in [0.05, 0.1) is 20.2 Å². The van der Waals surface area contributed by atoms with Crippen LogP contribution in [-0.4, -0.2) is 30.7 Å². The molecular weight excluding hydrogens is 412 g/mol. The van der Waals surface area contributed by atoms with Crippen LogP contribution in [0.2, 0.25) is 0 Å². The van der Waals surface area contributed by atoms with Crippen molar-refractivity contribution in [1.82, 2.24) is 15.2 Å². The van der Waals surface area contributed by atoms with Crippen LogP contribution in [-0.2, 0) is 13.1 Å². The van der Waals surface area contributed by atoms with Crippen molar-refractivity contribution in [3.05, 3.63) is 100.0 Å². The minimum Gasteiger partial charge on any atom is -0.497 e. The largest absolute Gasteiger partial charge is 0.497 e. The molecule has 0 saturated carbocycles. The van der Waals surface area contributed by atoms with Crippen molar-refractivity contribution in [1.29, 1.82) is 0 Å². The zero-order chi connectivity index (χ0) is 23.5. The lowest BCUT2D eigenvalue weighted by atomic mass is 9.98. The van der Waals surface area contributed by atoms with E-state index in [1.165, 1.54) is 5.56 Å². The van der Waals surface area contributed by atoms with Gasteiger partial charge in [-0.05, 0) is 54.2 Å². The van der Waals surface area contributed by atoms with Crippen molar-refractivity contribution < 1.29 is 4.74 Å². The summed E-state index contributed by atoms with van der Waals surface area (Å²) in [4.78, 5) is 16.6. The summed E-state index contributed by atoms with van der Waals surface area (Å²) in [6.07, 6.45) is 2.81. The van der Waals surface area contributed by atoms with Gasteiger partial charge in [-0.15, -0.1) is 0 Å². The van der Waals surface area contributed by atoms with Crippen LogP contribution in [0.4, 0.5) is 0 Å². The number of benzene rings is 2. The molecule has 1 aromatic heterocycles. The zero-order valence-electron chi connectivity index (χ0n) is 19.8. The molecule has 1 unspecified atom stereocenters. The highest BCUT2D eigenvalue weighted by molar-refractivity contribution is 5.79. The molecule has 0 fully saturated rings. The standard InChI is InChI=1S/C27H34N4O2/c1-4-28-27(29-17-16-21(2)24-12-14-25(33-3)15-13-24)30-19-22-8-10-23(11-9-22)20-31-18-6-5-7-26(31)32/h5-15,18,21H,4,16-17,19-20H2,1-3H3,(H2,28,29,30). The average Bonchev–Trinajstić information content (AvgIpc) is 2.85. The second kappa shape index (κ2) is 12.5. The number of aromatic nitrogens is 1. The van der Waals surface area contributed by atoms with E-state index in [4.69, 9.17) is 9.73 Å². The number of aliphatic imine (C=N–C) groups is 1. The second-order valence-electron chi connectivity index (χ2n) is 8.07. The van der Waals surface area contributed by atoms with E-state index in [9.17, 15) is 4.79 Å². The van der Waals surface area contributed by atoms with Gasteiger partial charge in [0, 0.05) is 25.4 Å². The number of hydrogen-bond donors (Lipinski definition) is 2. The molecule has 0 amide bonds. The summed E-state index contributed by atoms with van der Waals surface area (Å²) in [7, 11) is 1.69.